The minimum atomic E-state index is -0.313. The summed E-state index contributed by atoms with van der Waals surface area (Å²) < 4.78 is 12.0. The summed E-state index contributed by atoms with van der Waals surface area (Å²) in [6.45, 7) is 3.19. The van der Waals surface area contributed by atoms with Crippen molar-refractivity contribution in [1.82, 2.24) is 9.97 Å². The summed E-state index contributed by atoms with van der Waals surface area (Å²) in [7, 11) is 0. The monoisotopic (exact) mass is 389 g/mol. The van der Waals surface area contributed by atoms with Gasteiger partial charge in [0.25, 0.3) is 5.91 Å². The number of hydrogen-bond acceptors (Lipinski definition) is 6. The first-order valence-electron chi connectivity index (χ1n) is 8.17. The maximum atomic E-state index is 12.5. The zero-order valence-electron chi connectivity index (χ0n) is 14.0. The van der Waals surface area contributed by atoms with Crippen molar-refractivity contribution in [3.05, 3.63) is 46.6 Å². The number of thiazole rings is 1. The van der Waals surface area contributed by atoms with Crippen molar-refractivity contribution in [2.45, 2.75) is 19.4 Å². The Balaban J connectivity index is 1.50. The van der Waals surface area contributed by atoms with E-state index < -0.39 is 0 Å². The van der Waals surface area contributed by atoms with Gasteiger partial charge >= 0.3 is 0 Å². The van der Waals surface area contributed by atoms with E-state index in [2.05, 4.69) is 15.3 Å². The van der Waals surface area contributed by atoms with Gasteiger partial charge in [0, 0.05) is 12.6 Å². The molecule has 3 heterocycles. The van der Waals surface area contributed by atoms with Crippen molar-refractivity contribution < 1.29 is 14.3 Å². The Labute approximate surface area is 159 Å². The fourth-order valence-electron chi connectivity index (χ4n) is 2.71. The number of ether oxygens (including phenoxy) is 2. The molecular weight excluding hydrogens is 374 g/mol. The second kappa shape index (κ2) is 7.19. The quantitative estimate of drug-likeness (QED) is 0.728. The number of aromatic nitrogens is 2. The Kier molecular flexibility index (Phi) is 4.76. The number of fused-ring (bicyclic) bond motifs is 1. The first-order valence-corrected chi connectivity index (χ1v) is 9.37. The summed E-state index contributed by atoms with van der Waals surface area (Å²) in [5.74, 6) is 0.00110. The fourth-order valence-corrected chi connectivity index (χ4v) is 3.86. The molecule has 1 saturated heterocycles. The van der Waals surface area contributed by atoms with Gasteiger partial charge in [-0.25, -0.2) is 9.97 Å². The van der Waals surface area contributed by atoms with Crippen LogP contribution in [0.15, 0.2) is 30.5 Å². The number of nitrogens with one attached hydrogen (secondary N) is 1. The van der Waals surface area contributed by atoms with Crippen LogP contribution in [0.25, 0.3) is 10.2 Å². The van der Waals surface area contributed by atoms with Crippen molar-refractivity contribution in [3.63, 3.8) is 0 Å². The van der Waals surface area contributed by atoms with Gasteiger partial charge in [-0.3, -0.25) is 10.1 Å². The summed E-state index contributed by atoms with van der Waals surface area (Å²) in [5, 5.41) is 3.64. The van der Waals surface area contributed by atoms with E-state index in [9.17, 15) is 4.79 Å². The first-order chi connectivity index (χ1) is 12.6. The van der Waals surface area contributed by atoms with Crippen LogP contribution in [0.3, 0.4) is 0 Å². The molecule has 0 spiro atoms. The van der Waals surface area contributed by atoms with Crippen LogP contribution in [0.1, 0.15) is 22.3 Å². The summed E-state index contributed by atoms with van der Waals surface area (Å²) in [6.07, 6.45) is 2.20. The highest BCUT2D eigenvalue weighted by Gasteiger charge is 2.20. The highest BCUT2D eigenvalue weighted by molar-refractivity contribution is 7.22. The minimum absolute atomic E-state index is 0.0503. The average molecular weight is 390 g/mol. The molecule has 4 rings (SSSR count). The lowest BCUT2D eigenvalue weighted by molar-refractivity contribution is 0.102. The number of halogens is 1. The maximum Gasteiger partial charge on any atom is 0.259 e. The zero-order valence-corrected chi connectivity index (χ0v) is 15.6. The van der Waals surface area contributed by atoms with Gasteiger partial charge in [-0.2, -0.15) is 0 Å². The van der Waals surface area contributed by atoms with E-state index in [-0.39, 0.29) is 12.0 Å². The maximum absolute atomic E-state index is 12.5. The molecule has 0 saturated carbocycles. The van der Waals surface area contributed by atoms with Gasteiger partial charge in [-0.15, -0.1) is 0 Å². The molecule has 0 unspecified atom stereocenters. The van der Waals surface area contributed by atoms with Gasteiger partial charge in [0.1, 0.15) is 11.1 Å². The van der Waals surface area contributed by atoms with Crippen molar-refractivity contribution in [3.8, 4) is 5.88 Å². The molecule has 2 aromatic heterocycles. The number of pyridine rings is 1. The van der Waals surface area contributed by atoms with Crippen LogP contribution < -0.4 is 10.1 Å². The molecule has 1 aliphatic rings. The Morgan fingerprint density at radius 3 is 3.08 bits per heavy atom. The molecule has 1 atom stereocenters. The van der Waals surface area contributed by atoms with Crippen molar-refractivity contribution >= 4 is 44.2 Å². The normalized spacial score (nSPS) is 16.8. The fraction of sp³-hybridized carbons (Fsp3) is 0.278. The second-order valence-corrected chi connectivity index (χ2v) is 7.45. The van der Waals surface area contributed by atoms with E-state index in [1.165, 1.54) is 17.5 Å². The van der Waals surface area contributed by atoms with Gasteiger partial charge in [0.05, 0.1) is 29.0 Å². The van der Waals surface area contributed by atoms with Crippen molar-refractivity contribution in [2.24, 2.45) is 0 Å². The summed E-state index contributed by atoms with van der Waals surface area (Å²) in [6, 6.07) is 7.49. The Morgan fingerprint density at radius 1 is 1.46 bits per heavy atom. The molecule has 26 heavy (non-hydrogen) atoms. The molecule has 1 N–H and O–H groups in total. The van der Waals surface area contributed by atoms with Crippen LogP contribution in [-0.4, -0.2) is 35.2 Å². The summed E-state index contributed by atoms with van der Waals surface area (Å²) in [5.41, 5.74) is 2.31. The third-order valence-electron chi connectivity index (χ3n) is 4.08. The number of amides is 1. The van der Waals surface area contributed by atoms with E-state index in [1.54, 1.807) is 6.07 Å². The van der Waals surface area contributed by atoms with E-state index >= 15 is 0 Å². The van der Waals surface area contributed by atoms with E-state index in [0.29, 0.717) is 34.8 Å². The van der Waals surface area contributed by atoms with Crippen molar-refractivity contribution in [1.29, 1.82) is 0 Å². The molecule has 1 amide bonds. The number of nitrogens with zero attached hydrogens (tertiary/aromatic N) is 2. The number of benzene rings is 1. The molecule has 0 aliphatic carbocycles. The van der Waals surface area contributed by atoms with Crippen LogP contribution in [-0.2, 0) is 4.74 Å². The van der Waals surface area contributed by atoms with E-state index in [1.807, 2.05) is 25.1 Å². The molecule has 1 aliphatic heterocycles. The largest absolute Gasteiger partial charge is 0.471 e. The molecule has 3 aromatic rings. The molecule has 134 valence electrons. The van der Waals surface area contributed by atoms with Gasteiger partial charge in [0.15, 0.2) is 5.13 Å². The molecule has 6 nitrogen and oxygen atoms in total. The van der Waals surface area contributed by atoms with Crippen LogP contribution in [0.2, 0.25) is 5.02 Å². The highest BCUT2D eigenvalue weighted by Crippen LogP contribution is 2.29. The summed E-state index contributed by atoms with van der Waals surface area (Å²) in [4.78, 5) is 21.1. The molecule has 0 radical (unpaired) electrons. The van der Waals surface area contributed by atoms with Gasteiger partial charge < -0.3 is 9.47 Å². The van der Waals surface area contributed by atoms with Crippen LogP contribution >= 0.6 is 22.9 Å². The zero-order chi connectivity index (χ0) is 18.1. The van der Waals surface area contributed by atoms with Crippen LogP contribution in [0, 0.1) is 6.92 Å². The molecule has 0 bridgehead atoms. The summed E-state index contributed by atoms with van der Waals surface area (Å²) >= 11 is 7.65. The van der Waals surface area contributed by atoms with Gasteiger partial charge in [-0.05, 0) is 24.6 Å². The first kappa shape index (κ1) is 17.2. The number of carbonyl (C=O) groups excluding carboxylic acids is 1. The predicted octanol–water partition coefficient (Wildman–Crippen LogP) is 4.07. The number of aryl methyl sites for hydroxylation is 1. The van der Waals surface area contributed by atoms with E-state index in [4.69, 9.17) is 21.1 Å². The number of rotatable bonds is 4. The third kappa shape index (κ3) is 3.51. The predicted molar refractivity (Wildman–Crippen MR) is 101 cm³/mol. The standard InChI is InChI=1S/C18H16ClN3O3S/c1-10-3-2-4-14-15(10)21-18(26-14)22-16(23)11-7-13(19)17(20-8-11)25-12-5-6-24-9-12/h2-4,7-8,12H,5-6,9H2,1H3,(H,21,22,23)/t12-/m0/s1. The van der Waals surface area contributed by atoms with Crippen LogP contribution in [0.4, 0.5) is 5.13 Å². The van der Waals surface area contributed by atoms with E-state index in [0.717, 1.165) is 22.2 Å². The van der Waals surface area contributed by atoms with Gasteiger partial charge in [-0.1, -0.05) is 35.1 Å². The second-order valence-electron chi connectivity index (χ2n) is 6.01. The molecule has 8 heteroatoms. The lowest BCUT2D eigenvalue weighted by atomic mass is 10.2. The van der Waals surface area contributed by atoms with Crippen LogP contribution in [0.5, 0.6) is 5.88 Å². The number of carbonyl (C=O) groups is 1. The smallest absolute Gasteiger partial charge is 0.259 e. The SMILES string of the molecule is Cc1cccc2sc(NC(=O)c3cnc(O[C@H]4CCOC4)c(Cl)c3)nc12. The lowest BCUT2D eigenvalue weighted by Gasteiger charge is -2.12. The average Bonchev–Trinajstić information content (AvgIpc) is 3.26. The minimum Gasteiger partial charge on any atom is -0.471 e. The lowest BCUT2D eigenvalue weighted by Crippen LogP contribution is -2.17. The number of para-hydroxylation sites is 1. The Bertz CT molecular complexity index is 969. The van der Waals surface area contributed by atoms with Gasteiger partial charge in [0.2, 0.25) is 5.88 Å². The number of anilines is 1. The molecule has 1 fully saturated rings. The Hall–Kier alpha value is -2.22. The molecular formula is C18H16ClN3O3S. The molecule has 1 aromatic carbocycles. The number of hydrogen-bond donors (Lipinski definition) is 1. The highest BCUT2D eigenvalue weighted by atomic mass is 35.5. The Morgan fingerprint density at radius 2 is 2.35 bits per heavy atom. The third-order valence-corrected chi connectivity index (χ3v) is 5.28. The van der Waals surface area contributed by atoms with Crippen molar-refractivity contribution in [2.75, 3.05) is 18.5 Å². The topological polar surface area (TPSA) is 73.3 Å².